The van der Waals surface area contributed by atoms with Crippen molar-refractivity contribution in [3.8, 4) is 0 Å². The molecule has 1 fully saturated rings. The molecule has 1 heterocycles. The second kappa shape index (κ2) is 10.8. The molecule has 5 nitrogen and oxygen atoms in total. The summed E-state index contributed by atoms with van der Waals surface area (Å²) in [6.45, 7) is 2.94. The quantitative estimate of drug-likeness (QED) is 0.492. The Labute approximate surface area is 146 Å². The van der Waals surface area contributed by atoms with Gasteiger partial charge in [-0.1, -0.05) is 0 Å². The summed E-state index contributed by atoms with van der Waals surface area (Å²) >= 11 is 0. The van der Waals surface area contributed by atoms with Crippen molar-refractivity contribution in [2.75, 3.05) is 19.6 Å². The standard InChI is InChI=1S/C10H17NO4.2Na.2H/c12-9(13)8(10(14)15)4-3-7-11-5-1-2-6-11;;;;/h8H,1-7H2,(H,12,13)(H,14,15);;;;. The molecule has 0 bridgehead atoms. The molecule has 0 atom stereocenters. The Morgan fingerprint density at radius 2 is 1.53 bits per heavy atom. The van der Waals surface area contributed by atoms with Gasteiger partial charge in [0.05, 0.1) is 0 Å². The third-order valence-corrected chi connectivity index (χ3v) is 2.76. The van der Waals surface area contributed by atoms with Gasteiger partial charge in [0.15, 0.2) is 5.92 Å². The van der Waals surface area contributed by atoms with Crippen molar-refractivity contribution in [2.24, 2.45) is 5.92 Å². The fourth-order valence-corrected chi connectivity index (χ4v) is 1.88. The molecule has 0 spiro atoms. The number of hydrogen-bond acceptors (Lipinski definition) is 3. The number of carboxylic acid groups (broad SMARTS) is 2. The fraction of sp³-hybridized carbons (Fsp3) is 0.800. The second-order valence-electron chi connectivity index (χ2n) is 3.92. The van der Waals surface area contributed by atoms with Gasteiger partial charge < -0.3 is 15.1 Å². The molecule has 7 heteroatoms. The molecule has 2 N–H and O–H groups in total. The molecule has 17 heavy (non-hydrogen) atoms. The van der Waals surface area contributed by atoms with Gasteiger partial charge in [-0.15, -0.1) is 0 Å². The van der Waals surface area contributed by atoms with Gasteiger partial charge in [0.1, 0.15) is 0 Å². The molecule has 90 valence electrons. The van der Waals surface area contributed by atoms with E-state index in [4.69, 9.17) is 10.2 Å². The number of likely N-dealkylation sites (tertiary alicyclic amines) is 1. The third-order valence-electron chi connectivity index (χ3n) is 2.76. The van der Waals surface area contributed by atoms with E-state index in [-0.39, 0.29) is 65.5 Å². The Morgan fingerprint density at radius 1 is 1.06 bits per heavy atom. The van der Waals surface area contributed by atoms with Crippen LogP contribution in [0.4, 0.5) is 0 Å². The topological polar surface area (TPSA) is 77.8 Å². The zero-order chi connectivity index (χ0) is 11.3. The summed E-state index contributed by atoms with van der Waals surface area (Å²) in [5, 5.41) is 17.3. The molecular weight excluding hydrogens is 244 g/mol. The summed E-state index contributed by atoms with van der Waals surface area (Å²) in [4.78, 5) is 23.4. The van der Waals surface area contributed by atoms with Crippen molar-refractivity contribution < 1.29 is 19.8 Å². The van der Waals surface area contributed by atoms with E-state index >= 15 is 0 Å². The van der Waals surface area contributed by atoms with Gasteiger partial charge in [0, 0.05) is 0 Å². The molecule has 0 aromatic heterocycles. The maximum absolute atomic E-state index is 10.6. The first-order chi connectivity index (χ1) is 7.11. The van der Waals surface area contributed by atoms with E-state index in [2.05, 4.69) is 4.90 Å². The van der Waals surface area contributed by atoms with Gasteiger partial charge in [-0.3, -0.25) is 9.59 Å². The first-order valence-corrected chi connectivity index (χ1v) is 5.29. The molecule has 1 saturated heterocycles. The van der Waals surface area contributed by atoms with Gasteiger partial charge in [-0.25, -0.2) is 0 Å². The molecule has 0 aliphatic carbocycles. The summed E-state index contributed by atoms with van der Waals surface area (Å²) in [6.07, 6.45) is 3.26. The van der Waals surface area contributed by atoms with Gasteiger partial charge in [0.25, 0.3) is 0 Å². The maximum atomic E-state index is 10.6. The van der Waals surface area contributed by atoms with Gasteiger partial charge >= 0.3 is 71.1 Å². The summed E-state index contributed by atoms with van der Waals surface area (Å²) in [5.41, 5.74) is 0. The van der Waals surface area contributed by atoms with E-state index in [0.29, 0.717) is 6.42 Å². The minimum absolute atomic E-state index is 0. The molecule has 0 radical (unpaired) electrons. The van der Waals surface area contributed by atoms with Crippen LogP contribution in [0.15, 0.2) is 0 Å². The minimum atomic E-state index is -1.24. The summed E-state index contributed by atoms with van der Waals surface area (Å²) in [5.74, 6) is -3.71. The molecular formula is C10H19NNa2O4. The summed E-state index contributed by atoms with van der Waals surface area (Å²) < 4.78 is 0. The van der Waals surface area contributed by atoms with Gasteiger partial charge in [-0.2, -0.15) is 0 Å². The van der Waals surface area contributed by atoms with Crippen LogP contribution in [0.1, 0.15) is 25.7 Å². The fourth-order valence-electron chi connectivity index (χ4n) is 1.88. The van der Waals surface area contributed by atoms with Crippen molar-refractivity contribution >= 4 is 71.1 Å². The number of aliphatic carboxylic acids is 2. The average molecular weight is 263 g/mol. The molecule has 0 aromatic carbocycles. The number of nitrogens with zero attached hydrogens (tertiary/aromatic N) is 1. The van der Waals surface area contributed by atoms with Gasteiger partial charge in [0.2, 0.25) is 0 Å². The van der Waals surface area contributed by atoms with Crippen molar-refractivity contribution in [2.45, 2.75) is 25.7 Å². The van der Waals surface area contributed by atoms with Crippen molar-refractivity contribution in [1.82, 2.24) is 4.90 Å². The van der Waals surface area contributed by atoms with E-state index < -0.39 is 17.9 Å². The molecule has 1 aliphatic heterocycles. The predicted molar refractivity (Wildman–Crippen MR) is 68.0 cm³/mol. The van der Waals surface area contributed by atoms with E-state index in [1.807, 2.05) is 0 Å². The SMILES string of the molecule is O=C(O)C(CCCN1CCCC1)C(=O)O.[NaH].[NaH]. The first-order valence-electron chi connectivity index (χ1n) is 5.29. The Morgan fingerprint density at radius 3 is 1.94 bits per heavy atom. The number of carboxylic acids is 2. The summed E-state index contributed by atoms with van der Waals surface area (Å²) in [6, 6.07) is 0. The molecule has 1 aliphatic rings. The molecule has 0 aromatic rings. The summed E-state index contributed by atoms with van der Waals surface area (Å²) in [7, 11) is 0. The van der Waals surface area contributed by atoms with E-state index in [1.165, 1.54) is 12.8 Å². The zero-order valence-corrected chi connectivity index (χ0v) is 8.69. The van der Waals surface area contributed by atoms with Crippen molar-refractivity contribution in [3.05, 3.63) is 0 Å². The second-order valence-corrected chi connectivity index (χ2v) is 3.92. The normalized spacial score (nSPS) is 15.1. The Balaban J connectivity index is 0. The molecule has 0 amide bonds. The van der Waals surface area contributed by atoms with Crippen LogP contribution in [-0.2, 0) is 9.59 Å². The molecule has 1 rings (SSSR count). The zero-order valence-electron chi connectivity index (χ0n) is 8.69. The van der Waals surface area contributed by atoms with E-state index in [9.17, 15) is 9.59 Å². The Hall–Kier alpha value is 0.900. The number of rotatable bonds is 6. The molecule has 0 saturated carbocycles. The van der Waals surface area contributed by atoms with Crippen LogP contribution in [0.25, 0.3) is 0 Å². The Kier molecular flexibility index (Phi) is 12.8. The van der Waals surface area contributed by atoms with Crippen LogP contribution in [0.5, 0.6) is 0 Å². The number of hydrogen-bond donors (Lipinski definition) is 2. The van der Waals surface area contributed by atoms with E-state index in [1.54, 1.807) is 0 Å². The Bertz CT molecular complexity index is 230. The van der Waals surface area contributed by atoms with Crippen LogP contribution in [0.2, 0.25) is 0 Å². The third kappa shape index (κ3) is 7.82. The average Bonchev–Trinajstić information content (AvgIpc) is 2.63. The van der Waals surface area contributed by atoms with Crippen molar-refractivity contribution in [3.63, 3.8) is 0 Å². The van der Waals surface area contributed by atoms with Crippen LogP contribution >= 0.6 is 0 Å². The van der Waals surface area contributed by atoms with Crippen LogP contribution in [-0.4, -0.2) is 106 Å². The van der Waals surface area contributed by atoms with Gasteiger partial charge in [-0.05, 0) is 45.3 Å². The van der Waals surface area contributed by atoms with E-state index in [0.717, 1.165) is 19.6 Å². The van der Waals surface area contributed by atoms with Crippen LogP contribution in [0, 0.1) is 5.92 Å². The van der Waals surface area contributed by atoms with Crippen LogP contribution in [0.3, 0.4) is 0 Å². The first kappa shape index (κ1) is 20.2. The number of carbonyl (C=O) groups is 2. The molecule has 0 unspecified atom stereocenters. The van der Waals surface area contributed by atoms with Crippen LogP contribution < -0.4 is 0 Å². The predicted octanol–water partition coefficient (Wildman–Crippen LogP) is -0.649. The van der Waals surface area contributed by atoms with Crippen molar-refractivity contribution in [1.29, 1.82) is 0 Å². The monoisotopic (exact) mass is 263 g/mol.